The van der Waals surface area contributed by atoms with Gasteiger partial charge in [-0.1, -0.05) is 23.2 Å². The standard InChI is InChI=1S/C13H15Cl2N3OS/c1-2-18-12(16-17-13(18)20)4-3-7-19-11-6-5-9(14)8-10(11)15/h5-6,8,12H,2-4,7H2,1H3. The number of thiocarbonyl (C=S) groups is 1. The lowest BCUT2D eigenvalue weighted by molar-refractivity contribution is 0.271. The van der Waals surface area contributed by atoms with Gasteiger partial charge in [0, 0.05) is 11.6 Å². The molecule has 0 N–H and O–H groups in total. The third kappa shape index (κ3) is 3.81. The van der Waals surface area contributed by atoms with E-state index in [1.54, 1.807) is 18.2 Å². The van der Waals surface area contributed by atoms with Crippen molar-refractivity contribution in [1.29, 1.82) is 0 Å². The average molecular weight is 332 g/mol. The number of ether oxygens (including phenoxy) is 1. The Labute approximate surface area is 133 Å². The lowest BCUT2D eigenvalue weighted by Crippen LogP contribution is -2.32. The quantitative estimate of drug-likeness (QED) is 0.566. The fraction of sp³-hybridized carbons (Fsp3) is 0.462. The molecule has 1 aliphatic rings. The highest BCUT2D eigenvalue weighted by Gasteiger charge is 2.24. The molecule has 0 fully saturated rings. The van der Waals surface area contributed by atoms with Gasteiger partial charge in [-0.2, -0.15) is 5.11 Å². The van der Waals surface area contributed by atoms with Gasteiger partial charge in [0.2, 0.25) is 5.11 Å². The van der Waals surface area contributed by atoms with E-state index in [1.807, 2.05) is 11.8 Å². The minimum absolute atomic E-state index is 0.0387. The minimum atomic E-state index is 0.0387. The SMILES string of the molecule is CCN1C(=S)N=NC1CCCOc1ccc(Cl)cc1Cl. The van der Waals surface area contributed by atoms with Crippen LogP contribution in [0.25, 0.3) is 0 Å². The normalized spacial score (nSPS) is 17.9. The molecule has 0 amide bonds. The van der Waals surface area contributed by atoms with Crippen LogP contribution in [-0.2, 0) is 0 Å². The zero-order chi connectivity index (χ0) is 14.5. The lowest BCUT2D eigenvalue weighted by atomic mass is 10.2. The fourth-order valence-corrected chi connectivity index (χ4v) is 2.72. The summed E-state index contributed by atoms with van der Waals surface area (Å²) < 4.78 is 5.63. The van der Waals surface area contributed by atoms with Crippen LogP contribution in [0.2, 0.25) is 10.0 Å². The van der Waals surface area contributed by atoms with Crippen molar-refractivity contribution in [2.45, 2.75) is 25.9 Å². The summed E-state index contributed by atoms with van der Waals surface area (Å²) in [6.07, 6.45) is 1.74. The van der Waals surface area contributed by atoms with E-state index in [2.05, 4.69) is 10.2 Å². The Bertz CT molecular complexity index is 524. The van der Waals surface area contributed by atoms with Gasteiger partial charge in [-0.25, -0.2) is 0 Å². The van der Waals surface area contributed by atoms with Crippen molar-refractivity contribution in [1.82, 2.24) is 4.90 Å². The summed E-state index contributed by atoms with van der Waals surface area (Å²) in [5.41, 5.74) is 0. The van der Waals surface area contributed by atoms with Crippen molar-refractivity contribution >= 4 is 40.5 Å². The molecule has 0 saturated heterocycles. The molecule has 0 saturated carbocycles. The number of nitrogens with zero attached hydrogens (tertiary/aromatic N) is 3. The van der Waals surface area contributed by atoms with Crippen molar-refractivity contribution in [3.63, 3.8) is 0 Å². The van der Waals surface area contributed by atoms with E-state index in [-0.39, 0.29) is 6.17 Å². The van der Waals surface area contributed by atoms with E-state index in [0.717, 1.165) is 19.4 Å². The highest BCUT2D eigenvalue weighted by Crippen LogP contribution is 2.27. The second-order valence-electron chi connectivity index (χ2n) is 4.33. The number of hydrogen-bond acceptors (Lipinski definition) is 3. The summed E-state index contributed by atoms with van der Waals surface area (Å²) >= 11 is 17.0. The van der Waals surface area contributed by atoms with E-state index >= 15 is 0 Å². The molecule has 0 spiro atoms. The summed E-state index contributed by atoms with van der Waals surface area (Å²) in [5.74, 6) is 0.645. The van der Waals surface area contributed by atoms with E-state index in [4.69, 9.17) is 40.2 Å². The molecule has 1 aromatic rings. The van der Waals surface area contributed by atoms with Crippen LogP contribution >= 0.6 is 35.4 Å². The molecule has 1 unspecified atom stereocenters. The number of rotatable bonds is 6. The molecule has 1 aliphatic heterocycles. The molecule has 108 valence electrons. The topological polar surface area (TPSA) is 37.2 Å². The summed E-state index contributed by atoms with van der Waals surface area (Å²) in [6.45, 7) is 3.43. The molecule has 0 bridgehead atoms. The van der Waals surface area contributed by atoms with Gasteiger partial charge in [-0.05, 0) is 50.2 Å². The Morgan fingerprint density at radius 2 is 2.20 bits per heavy atom. The van der Waals surface area contributed by atoms with Crippen molar-refractivity contribution in [2.75, 3.05) is 13.2 Å². The van der Waals surface area contributed by atoms with Gasteiger partial charge in [0.05, 0.1) is 11.6 Å². The van der Waals surface area contributed by atoms with Gasteiger partial charge >= 0.3 is 0 Å². The monoisotopic (exact) mass is 331 g/mol. The summed E-state index contributed by atoms with van der Waals surface area (Å²) in [7, 11) is 0. The molecule has 1 aromatic carbocycles. The molecule has 0 aliphatic carbocycles. The van der Waals surface area contributed by atoms with Crippen LogP contribution in [0.3, 0.4) is 0 Å². The molecule has 20 heavy (non-hydrogen) atoms. The first-order valence-electron chi connectivity index (χ1n) is 6.41. The highest BCUT2D eigenvalue weighted by molar-refractivity contribution is 7.80. The average Bonchev–Trinajstić information content (AvgIpc) is 2.77. The number of hydrogen-bond donors (Lipinski definition) is 0. The molecule has 0 aromatic heterocycles. The molecule has 2 rings (SSSR count). The van der Waals surface area contributed by atoms with Gasteiger partial charge in [0.15, 0.2) is 0 Å². The van der Waals surface area contributed by atoms with Crippen molar-refractivity contribution < 1.29 is 4.74 Å². The van der Waals surface area contributed by atoms with Crippen LogP contribution < -0.4 is 4.74 Å². The number of halogens is 2. The first-order valence-corrected chi connectivity index (χ1v) is 7.57. The minimum Gasteiger partial charge on any atom is -0.492 e. The van der Waals surface area contributed by atoms with Gasteiger partial charge in [-0.15, -0.1) is 5.11 Å². The third-order valence-electron chi connectivity index (χ3n) is 2.98. The van der Waals surface area contributed by atoms with E-state index in [1.165, 1.54) is 0 Å². The van der Waals surface area contributed by atoms with Crippen LogP contribution in [0, 0.1) is 0 Å². The van der Waals surface area contributed by atoms with Crippen LogP contribution in [0.4, 0.5) is 0 Å². The molecule has 0 radical (unpaired) electrons. The zero-order valence-corrected chi connectivity index (χ0v) is 13.4. The third-order valence-corrected chi connectivity index (χ3v) is 3.83. The highest BCUT2D eigenvalue weighted by atomic mass is 35.5. The Kier molecular flexibility index (Phi) is 5.57. The lowest BCUT2D eigenvalue weighted by Gasteiger charge is -2.20. The van der Waals surface area contributed by atoms with Crippen molar-refractivity contribution in [3.8, 4) is 5.75 Å². The summed E-state index contributed by atoms with van der Waals surface area (Å²) in [4.78, 5) is 2.00. The van der Waals surface area contributed by atoms with E-state index in [0.29, 0.717) is 27.5 Å². The molecule has 1 heterocycles. The van der Waals surface area contributed by atoms with Crippen LogP contribution in [0.15, 0.2) is 28.4 Å². The maximum atomic E-state index is 6.03. The van der Waals surface area contributed by atoms with Gasteiger partial charge < -0.3 is 9.64 Å². The molecule has 4 nitrogen and oxygen atoms in total. The Morgan fingerprint density at radius 3 is 2.90 bits per heavy atom. The second-order valence-corrected chi connectivity index (χ2v) is 5.54. The largest absolute Gasteiger partial charge is 0.492 e. The number of azo groups is 1. The van der Waals surface area contributed by atoms with Gasteiger partial charge in [0.1, 0.15) is 11.9 Å². The van der Waals surface area contributed by atoms with E-state index in [9.17, 15) is 0 Å². The fourth-order valence-electron chi connectivity index (χ4n) is 1.96. The maximum absolute atomic E-state index is 6.03. The molecule has 1 atom stereocenters. The smallest absolute Gasteiger partial charge is 0.217 e. The molecular formula is C13H15Cl2N3OS. The molecular weight excluding hydrogens is 317 g/mol. The van der Waals surface area contributed by atoms with Crippen molar-refractivity contribution in [2.24, 2.45) is 10.2 Å². The maximum Gasteiger partial charge on any atom is 0.217 e. The van der Waals surface area contributed by atoms with Crippen LogP contribution in [-0.4, -0.2) is 29.3 Å². The van der Waals surface area contributed by atoms with Gasteiger partial charge in [-0.3, -0.25) is 0 Å². The zero-order valence-electron chi connectivity index (χ0n) is 11.1. The van der Waals surface area contributed by atoms with Crippen molar-refractivity contribution in [3.05, 3.63) is 28.2 Å². The number of benzene rings is 1. The van der Waals surface area contributed by atoms with Crippen LogP contribution in [0.5, 0.6) is 5.75 Å². The predicted octanol–water partition coefficient (Wildman–Crippen LogP) is 4.55. The summed E-state index contributed by atoms with van der Waals surface area (Å²) in [5, 5.41) is 9.78. The first kappa shape index (κ1) is 15.5. The first-order chi connectivity index (χ1) is 9.61. The molecule has 7 heteroatoms. The Morgan fingerprint density at radius 1 is 1.40 bits per heavy atom. The summed E-state index contributed by atoms with van der Waals surface area (Å²) in [6, 6.07) is 5.19. The Balaban J connectivity index is 1.77. The predicted molar refractivity (Wildman–Crippen MR) is 84.8 cm³/mol. The van der Waals surface area contributed by atoms with Crippen LogP contribution in [0.1, 0.15) is 19.8 Å². The van der Waals surface area contributed by atoms with Gasteiger partial charge in [0.25, 0.3) is 0 Å². The van der Waals surface area contributed by atoms with E-state index < -0.39 is 0 Å². The Hall–Kier alpha value is -0.910. The second kappa shape index (κ2) is 7.20.